The van der Waals surface area contributed by atoms with Crippen LogP contribution < -0.4 is 5.32 Å². The molecule has 5 atom stereocenters. The summed E-state index contributed by atoms with van der Waals surface area (Å²) in [5.41, 5.74) is 0. The van der Waals surface area contributed by atoms with Crippen molar-refractivity contribution in [2.45, 2.75) is 63.7 Å². The van der Waals surface area contributed by atoms with Crippen LogP contribution in [-0.4, -0.2) is 34.0 Å². The van der Waals surface area contributed by atoms with E-state index in [9.17, 15) is 14.7 Å². The lowest BCUT2D eigenvalue weighted by atomic mass is 9.95. The van der Waals surface area contributed by atoms with Crippen molar-refractivity contribution in [2.24, 2.45) is 17.8 Å². The van der Waals surface area contributed by atoms with Gasteiger partial charge in [-0.25, -0.2) is 0 Å². The van der Waals surface area contributed by atoms with Gasteiger partial charge in [0.2, 0.25) is 5.91 Å². The Hall–Kier alpha value is -0.710. The fourth-order valence-electron chi connectivity index (χ4n) is 3.81. The lowest BCUT2D eigenvalue weighted by Gasteiger charge is -2.19. The van der Waals surface area contributed by atoms with Crippen LogP contribution in [0.2, 0.25) is 0 Å². The molecule has 1 amide bonds. The van der Waals surface area contributed by atoms with Crippen LogP contribution in [0.4, 0.5) is 0 Å². The lowest BCUT2D eigenvalue weighted by molar-refractivity contribution is -0.146. The SMILES string of the molecule is CCSC1CCC(NC(=O)[C@H]2CC(CC)C[C@H]2C(=O)O)C1. The van der Waals surface area contributed by atoms with E-state index in [0.29, 0.717) is 17.6 Å². The van der Waals surface area contributed by atoms with Gasteiger partial charge in [-0.3, -0.25) is 9.59 Å². The molecule has 0 heterocycles. The molecule has 2 saturated carbocycles. The molecule has 4 nitrogen and oxygen atoms in total. The first-order chi connectivity index (χ1) is 10.0. The van der Waals surface area contributed by atoms with Gasteiger partial charge < -0.3 is 10.4 Å². The highest BCUT2D eigenvalue weighted by Gasteiger charge is 2.42. The van der Waals surface area contributed by atoms with Crippen LogP contribution in [0.25, 0.3) is 0 Å². The Bertz CT molecular complexity index is 388. The van der Waals surface area contributed by atoms with Crippen LogP contribution in [0.1, 0.15) is 52.4 Å². The van der Waals surface area contributed by atoms with Crippen molar-refractivity contribution in [1.82, 2.24) is 5.32 Å². The normalized spacial score (nSPS) is 35.8. The summed E-state index contributed by atoms with van der Waals surface area (Å²) >= 11 is 1.97. The highest BCUT2D eigenvalue weighted by Crippen LogP contribution is 2.39. The number of carboxylic acids is 1. The van der Waals surface area contributed by atoms with Crippen molar-refractivity contribution < 1.29 is 14.7 Å². The number of carbonyl (C=O) groups excluding carboxylic acids is 1. The molecule has 5 heteroatoms. The van der Waals surface area contributed by atoms with Crippen molar-refractivity contribution in [3.63, 3.8) is 0 Å². The second kappa shape index (κ2) is 7.52. The van der Waals surface area contributed by atoms with Gasteiger partial charge in [-0.1, -0.05) is 20.3 Å². The lowest BCUT2D eigenvalue weighted by Crippen LogP contribution is -2.40. The molecule has 2 rings (SSSR count). The minimum Gasteiger partial charge on any atom is -0.481 e. The first kappa shape index (κ1) is 16.7. The summed E-state index contributed by atoms with van der Waals surface area (Å²) in [7, 11) is 0. The van der Waals surface area contributed by atoms with Gasteiger partial charge >= 0.3 is 5.97 Å². The highest BCUT2D eigenvalue weighted by atomic mass is 32.2. The maximum absolute atomic E-state index is 12.5. The third-order valence-electron chi connectivity index (χ3n) is 5.02. The standard InChI is InChI=1S/C16H27NO3S/c1-3-10-7-13(14(8-10)16(19)20)15(18)17-11-5-6-12(9-11)21-4-2/h10-14H,3-9H2,1-2H3,(H,17,18)(H,19,20)/t10?,11?,12?,13-,14+/m0/s1. The van der Waals surface area contributed by atoms with E-state index >= 15 is 0 Å². The molecule has 0 aliphatic heterocycles. The summed E-state index contributed by atoms with van der Waals surface area (Å²) < 4.78 is 0. The number of amides is 1. The number of hydrogen-bond acceptors (Lipinski definition) is 3. The molecule has 120 valence electrons. The van der Waals surface area contributed by atoms with Crippen molar-refractivity contribution in [3.05, 3.63) is 0 Å². The van der Waals surface area contributed by atoms with Crippen LogP contribution in [0.15, 0.2) is 0 Å². The number of hydrogen-bond donors (Lipinski definition) is 2. The fourth-order valence-corrected chi connectivity index (χ4v) is 4.95. The molecule has 0 bridgehead atoms. The molecule has 0 spiro atoms. The predicted octanol–water partition coefficient (Wildman–Crippen LogP) is 2.91. The number of thioether (sulfide) groups is 1. The second-order valence-corrected chi connectivity index (χ2v) is 7.97. The number of nitrogens with one attached hydrogen (secondary N) is 1. The molecular weight excluding hydrogens is 286 g/mol. The van der Waals surface area contributed by atoms with Crippen LogP contribution in [-0.2, 0) is 9.59 Å². The summed E-state index contributed by atoms with van der Waals surface area (Å²) in [5, 5.41) is 13.1. The minimum atomic E-state index is -0.808. The van der Waals surface area contributed by atoms with E-state index in [0.717, 1.165) is 37.9 Å². The van der Waals surface area contributed by atoms with Gasteiger partial charge in [0.05, 0.1) is 11.8 Å². The first-order valence-electron chi connectivity index (χ1n) is 8.19. The fraction of sp³-hybridized carbons (Fsp3) is 0.875. The van der Waals surface area contributed by atoms with Gasteiger partial charge in [0.15, 0.2) is 0 Å². The summed E-state index contributed by atoms with van der Waals surface area (Å²) in [6.45, 7) is 4.24. The molecule has 21 heavy (non-hydrogen) atoms. The van der Waals surface area contributed by atoms with Crippen molar-refractivity contribution in [2.75, 3.05) is 5.75 Å². The average molecular weight is 313 g/mol. The monoisotopic (exact) mass is 313 g/mol. The van der Waals surface area contributed by atoms with Crippen LogP contribution >= 0.6 is 11.8 Å². The van der Waals surface area contributed by atoms with E-state index in [4.69, 9.17) is 0 Å². The maximum atomic E-state index is 12.5. The van der Waals surface area contributed by atoms with Crippen LogP contribution in [0.3, 0.4) is 0 Å². The Kier molecular flexibility index (Phi) is 5.97. The zero-order valence-electron chi connectivity index (χ0n) is 13.0. The van der Waals surface area contributed by atoms with E-state index in [2.05, 4.69) is 19.2 Å². The van der Waals surface area contributed by atoms with E-state index < -0.39 is 11.9 Å². The zero-order valence-corrected chi connectivity index (χ0v) is 13.8. The number of rotatable bonds is 6. The van der Waals surface area contributed by atoms with E-state index in [1.807, 2.05) is 11.8 Å². The van der Waals surface area contributed by atoms with Crippen molar-refractivity contribution in [3.8, 4) is 0 Å². The van der Waals surface area contributed by atoms with Gasteiger partial charge in [-0.05, 0) is 43.8 Å². The quantitative estimate of drug-likeness (QED) is 0.791. The Balaban J connectivity index is 1.89. The number of carbonyl (C=O) groups is 2. The van der Waals surface area contributed by atoms with Crippen LogP contribution in [0, 0.1) is 17.8 Å². The second-order valence-electron chi connectivity index (χ2n) is 6.39. The van der Waals surface area contributed by atoms with Gasteiger partial charge in [0.1, 0.15) is 0 Å². The number of carboxylic acid groups (broad SMARTS) is 1. The Morgan fingerprint density at radius 3 is 2.48 bits per heavy atom. The summed E-state index contributed by atoms with van der Waals surface area (Å²) in [6, 6.07) is 0.247. The van der Waals surface area contributed by atoms with E-state index in [1.54, 1.807) is 0 Å². The smallest absolute Gasteiger partial charge is 0.307 e. The molecule has 2 fully saturated rings. The van der Waals surface area contributed by atoms with Crippen molar-refractivity contribution in [1.29, 1.82) is 0 Å². The molecule has 0 aromatic carbocycles. The minimum absolute atomic E-state index is 0.0227. The molecule has 3 unspecified atom stereocenters. The summed E-state index contributed by atoms with van der Waals surface area (Å²) in [4.78, 5) is 23.8. The molecular formula is C16H27NO3S. The average Bonchev–Trinajstić information content (AvgIpc) is 3.05. The third kappa shape index (κ3) is 4.15. The molecule has 2 aliphatic rings. The van der Waals surface area contributed by atoms with Gasteiger partial charge in [-0.15, -0.1) is 0 Å². The molecule has 2 N–H and O–H groups in total. The summed E-state index contributed by atoms with van der Waals surface area (Å²) in [5.74, 6) is -0.147. The number of aliphatic carboxylic acids is 1. The van der Waals surface area contributed by atoms with E-state index in [1.165, 1.54) is 0 Å². The molecule has 2 aliphatic carbocycles. The molecule has 0 aromatic rings. The largest absolute Gasteiger partial charge is 0.481 e. The Labute approximate surface area is 131 Å². The molecule has 0 aromatic heterocycles. The van der Waals surface area contributed by atoms with Gasteiger partial charge in [0.25, 0.3) is 0 Å². The highest BCUT2D eigenvalue weighted by molar-refractivity contribution is 7.99. The van der Waals surface area contributed by atoms with Crippen LogP contribution in [0.5, 0.6) is 0 Å². The molecule has 0 saturated heterocycles. The van der Waals surface area contributed by atoms with E-state index in [-0.39, 0.29) is 17.9 Å². The Morgan fingerprint density at radius 2 is 1.86 bits per heavy atom. The molecule has 0 radical (unpaired) electrons. The van der Waals surface area contributed by atoms with Gasteiger partial charge in [0, 0.05) is 11.3 Å². The maximum Gasteiger partial charge on any atom is 0.307 e. The van der Waals surface area contributed by atoms with Crippen molar-refractivity contribution >= 4 is 23.6 Å². The van der Waals surface area contributed by atoms with Gasteiger partial charge in [-0.2, -0.15) is 11.8 Å². The zero-order chi connectivity index (χ0) is 15.4. The third-order valence-corrected chi connectivity index (χ3v) is 6.26. The summed E-state index contributed by atoms with van der Waals surface area (Å²) in [6.07, 6.45) is 5.58. The first-order valence-corrected chi connectivity index (χ1v) is 9.24. The predicted molar refractivity (Wildman–Crippen MR) is 85.3 cm³/mol. The Morgan fingerprint density at radius 1 is 1.14 bits per heavy atom. The topological polar surface area (TPSA) is 66.4 Å².